The van der Waals surface area contributed by atoms with Crippen molar-refractivity contribution in [2.24, 2.45) is 5.41 Å². The van der Waals surface area contributed by atoms with Gasteiger partial charge in [0.2, 0.25) is 5.91 Å². The molecule has 0 aliphatic carbocycles. The van der Waals surface area contributed by atoms with E-state index in [9.17, 15) is 35.5 Å². The Morgan fingerprint density at radius 1 is 0.844 bits per heavy atom. The van der Waals surface area contributed by atoms with Crippen molar-refractivity contribution < 1.29 is 40.0 Å². The van der Waals surface area contributed by atoms with Crippen molar-refractivity contribution in [2.75, 3.05) is 11.9 Å². The number of halogens is 7. The average Bonchev–Trinajstić information content (AvgIpc) is 2.61. The minimum atomic E-state index is -5.66. The van der Waals surface area contributed by atoms with E-state index in [4.69, 9.17) is 4.43 Å². The van der Waals surface area contributed by atoms with Gasteiger partial charge in [0, 0.05) is 6.61 Å². The summed E-state index contributed by atoms with van der Waals surface area (Å²) in [5.74, 6) is -11.0. The molecular formula is C21H30F7NO2Si. The number of carbonyl (C=O) groups is 1. The highest BCUT2D eigenvalue weighted by Crippen LogP contribution is 2.43. The van der Waals surface area contributed by atoms with Crippen molar-refractivity contribution in [3.05, 3.63) is 28.8 Å². The molecule has 11 heteroatoms. The molecule has 3 nitrogen and oxygen atoms in total. The first-order valence-corrected chi connectivity index (χ1v) is 12.3. The largest absolute Gasteiger partial charge is 0.422 e. The number of benzene rings is 1. The van der Waals surface area contributed by atoms with E-state index >= 15 is 0 Å². The van der Waals surface area contributed by atoms with E-state index in [-0.39, 0.29) is 23.2 Å². The summed E-state index contributed by atoms with van der Waals surface area (Å²) in [6.45, 7) is 14.7. The fraction of sp³-hybridized carbons (Fsp3) is 0.667. The van der Waals surface area contributed by atoms with Crippen LogP contribution in [0.4, 0.5) is 36.4 Å². The van der Waals surface area contributed by atoms with Crippen LogP contribution in [-0.2, 0) is 15.4 Å². The maximum atomic E-state index is 14.2. The predicted molar refractivity (Wildman–Crippen MR) is 111 cm³/mol. The third-order valence-corrected chi connectivity index (χ3v) is 11.8. The molecule has 1 N–H and O–H groups in total. The molecule has 0 saturated carbocycles. The van der Waals surface area contributed by atoms with Gasteiger partial charge in [-0.3, -0.25) is 4.79 Å². The van der Waals surface area contributed by atoms with Crippen LogP contribution in [0.3, 0.4) is 0 Å². The summed E-state index contributed by atoms with van der Waals surface area (Å²) in [5, 5.41) is 1.70. The Kier molecular flexibility index (Phi) is 8.61. The van der Waals surface area contributed by atoms with Gasteiger partial charge in [-0.25, -0.2) is 17.6 Å². The van der Waals surface area contributed by atoms with Gasteiger partial charge in [0.05, 0.1) is 5.41 Å². The molecular weight excluding hydrogens is 459 g/mol. The third-order valence-electron chi connectivity index (χ3n) is 5.79. The second-order valence-corrected chi connectivity index (χ2v) is 14.9. The summed E-state index contributed by atoms with van der Waals surface area (Å²) in [6.07, 6.45) is -5.66. The summed E-state index contributed by atoms with van der Waals surface area (Å²) in [4.78, 5) is 12.7. The normalized spacial score (nSPS) is 13.4. The Labute approximate surface area is 184 Å². The van der Waals surface area contributed by atoms with Crippen LogP contribution >= 0.6 is 0 Å². The molecule has 184 valence electrons. The van der Waals surface area contributed by atoms with Crippen LogP contribution in [0.5, 0.6) is 0 Å². The molecule has 0 bridgehead atoms. The molecule has 1 amide bonds. The minimum absolute atomic E-state index is 0.158. The number of amides is 1. The number of carbonyl (C=O) groups excluding carboxylic acids is 1. The number of hydrogen-bond donors (Lipinski definition) is 1. The molecule has 0 heterocycles. The zero-order valence-electron chi connectivity index (χ0n) is 19.4. The van der Waals surface area contributed by atoms with Gasteiger partial charge >= 0.3 is 6.18 Å². The molecule has 1 aromatic rings. The summed E-state index contributed by atoms with van der Waals surface area (Å²) in [7, 11) is -2.42. The van der Waals surface area contributed by atoms with Crippen molar-refractivity contribution in [3.63, 3.8) is 0 Å². The lowest BCUT2D eigenvalue weighted by atomic mass is 9.93. The van der Waals surface area contributed by atoms with Crippen molar-refractivity contribution in [2.45, 2.75) is 78.2 Å². The molecule has 0 fully saturated rings. The maximum absolute atomic E-state index is 14.2. The summed E-state index contributed by atoms with van der Waals surface area (Å²) in [5.41, 5.74) is -5.20. The number of hydrogen-bond acceptors (Lipinski definition) is 2. The van der Waals surface area contributed by atoms with Gasteiger partial charge in [0.1, 0.15) is 11.3 Å². The van der Waals surface area contributed by atoms with Crippen LogP contribution in [0.2, 0.25) is 16.6 Å². The molecule has 0 atom stereocenters. The molecule has 1 rings (SSSR count). The molecule has 0 aliphatic heterocycles. The highest BCUT2D eigenvalue weighted by Gasteiger charge is 2.47. The lowest BCUT2D eigenvalue weighted by molar-refractivity contribution is -0.143. The number of anilines is 1. The SMILES string of the molecule is CC(C)[Si](OCC(C)(C)C(=O)Nc1c(F)c(F)c(C(F)(F)F)c(F)c1F)(C(C)C)C(C)C. The predicted octanol–water partition coefficient (Wildman–Crippen LogP) is 7.42. The Balaban J connectivity index is 3.27. The summed E-state index contributed by atoms with van der Waals surface area (Å²) < 4.78 is 101. The van der Waals surface area contributed by atoms with Gasteiger partial charge in [0.25, 0.3) is 0 Å². The Morgan fingerprint density at radius 2 is 1.22 bits per heavy atom. The van der Waals surface area contributed by atoms with Crippen molar-refractivity contribution in [3.8, 4) is 0 Å². The van der Waals surface area contributed by atoms with E-state index < -0.39 is 60.3 Å². The molecule has 0 aliphatic rings. The van der Waals surface area contributed by atoms with E-state index in [1.807, 2.05) is 41.5 Å². The lowest BCUT2D eigenvalue weighted by Gasteiger charge is -2.43. The van der Waals surface area contributed by atoms with Crippen LogP contribution in [0, 0.1) is 28.7 Å². The highest BCUT2D eigenvalue weighted by atomic mass is 28.4. The second-order valence-electron chi connectivity index (χ2n) is 9.45. The fourth-order valence-corrected chi connectivity index (χ4v) is 9.75. The zero-order chi connectivity index (χ0) is 25.4. The van der Waals surface area contributed by atoms with Gasteiger partial charge in [-0.15, -0.1) is 0 Å². The van der Waals surface area contributed by atoms with Crippen molar-refractivity contribution in [1.82, 2.24) is 0 Å². The lowest BCUT2D eigenvalue weighted by Crippen LogP contribution is -2.50. The topological polar surface area (TPSA) is 38.3 Å². The molecule has 0 unspecified atom stereocenters. The van der Waals surface area contributed by atoms with Gasteiger partial charge in [-0.1, -0.05) is 41.5 Å². The van der Waals surface area contributed by atoms with Crippen LogP contribution in [0.1, 0.15) is 61.0 Å². The maximum Gasteiger partial charge on any atom is 0.422 e. The molecule has 1 aromatic carbocycles. The quantitative estimate of drug-likeness (QED) is 0.234. The standard InChI is InChI=1S/C21H30F7NO2Si/c1-10(2)32(11(3)4,12(5)6)31-9-20(7,8)19(30)29-18-16(24)14(22)13(21(26,27)28)15(23)17(18)25/h10-12H,9H2,1-8H3,(H,29,30). The van der Waals surface area contributed by atoms with E-state index in [1.54, 1.807) is 5.32 Å². The van der Waals surface area contributed by atoms with E-state index in [1.165, 1.54) is 13.8 Å². The molecule has 32 heavy (non-hydrogen) atoms. The zero-order valence-corrected chi connectivity index (χ0v) is 20.4. The van der Waals surface area contributed by atoms with Crippen LogP contribution in [-0.4, -0.2) is 20.8 Å². The smallest absolute Gasteiger partial charge is 0.415 e. The Morgan fingerprint density at radius 3 is 1.53 bits per heavy atom. The van der Waals surface area contributed by atoms with E-state index in [0.29, 0.717) is 0 Å². The first-order chi connectivity index (χ1) is 14.3. The first-order valence-electron chi connectivity index (χ1n) is 10.2. The van der Waals surface area contributed by atoms with Crippen molar-refractivity contribution in [1.29, 1.82) is 0 Å². The minimum Gasteiger partial charge on any atom is -0.415 e. The van der Waals surface area contributed by atoms with Gasteiger partial charge in [0.15, 0.2) is 31.6 Å². The molecule has 0 spiro atoms. The van der Waals surface area contributed by atoms with Crippen molar-refractivity contribution >= 4 is 19.9 Å². The van der Waals surface area contributed by atoms with Crippen LogP contribution in [0.15, 0.2) is 0 Å². The van der Waals surface area contributed by atoms with Gasteiger partial charge < -0.3 is 9.74 Å². The highest BCUT2D eigenvalue weighted by molar-refractivity contribution is 6.77. The molecule has 0 aromatic heterocycles. The summed E-state index contributed by atoms with van der Waals surface area (Å²) >= 11 is 0. The fourth-order valence-electron chi connectivity index (χ4n) is 4.14. The molecule has 0 saturated heterocycles. The summed E-state index contributed by atoms with van der Waals surface area (Å²) in [6, 6.07) is 0. The van der Waals surface area contributed by atoms with Crippen LogP contribution in [0.25, 0.3) is 0 Å². The van der Waals surface area contributed by atoms with E-state index in [2.05, 4.69) is 0 Å². The molecule has 0 radical (unpaired) electrons. The van der Waals surface area contributed by atoms with Gasteiger partial charge in [-0.05, 0) is 30.5 Å². The average molecular weight is 490 g/mol. The second kappa shape index (κ2) is 9.70. The Bertz CT molecular complexity index is 801. The van der Waals surface area contributed by atoms with E-state index in [0.717, 1.165) is 0 Å². The first kappa shape index (κ1) is 28.4. The monoisotopic (exact) mass is 489 g/mol. The number of nitrogens with one attached hydrogen (secondary N) is 1. The number of rotatable bonds is 8. The third kappa shape index (κ3) is 5.30. The number of alkyl halides is 3. The van der Waals surface area contributed by atoms with Crippen LogP contribution < -0.4 is 5.32 Å². The van der Waals surface area contributed by atoms with Gasteiger partial charge in [-0.2, -0.15) is 13.2 Å². The Hall–Kier alpha value is -1.62.